The first-order valence-corrected chi connectivity index (χ1v) is 10.3. The van der Waals surface area contributed by atoms with Crippen molar-refractivity contribution < 1.29 is 9.59 Å². The fourth-order valence-corrected chi connectivity index (χ4v) is 4.42. The van der Waals surface area contributed by atoms with Crippen molar-refractivity contribution in [2.75, 3.05) is 16.8 Å². The largest absolute Gasteiger partial charge is 0.312 e. The van der Waals surface area contributed by atoms with Crippen molar-refractivity contribution in [3.05, 3.63) is 41.0 Å². The Hall–Kier alpha value is -2.15. The molecule has 1 aromatic heterocycles. The highest BCUT2D eigenvalue weighted by atomic mass is 79.9. The summed E-state index contributed by atoms with van der Waals surface area (Å²) in [5.41, 5.74) is 0.817. The lowest BCUT2D eigenvalue weighted by Gasteiger charge is -2.24. The van der Waals surface area contributed by atoms with Crippen LogP contribution < -0.4 is 10.2 Å². The molecule has 1 atom stereocenters. The molecule has 0 unspecified atom stereocenters. The van der Waals surface area contributed by atoms with Crippen LogP contribution in [0.4, 0.5) is 11.5 Å². The molecule has 1 N–H and O–H groups in total. The van der Waals surface area contributed by atoms with Gasteiger partial charge in [-0.1, -0.05) is 41.3 Å². The molecular formula is C20H23BrN4O2. The van der Waals surface area contributed by atoms with E-state index in [-0.39, 0.29) is 24.2 Å². The maximum Gasteiger partial charge on any atom is 0.230 e. The normalized spacial score (nSPS) is 20.9. The standard InChI is InChI=1S/C20H23BrN4O2/c21-15-5-4-8-17(12-15)24-13-14(11-19(24)26)20(27)23-18-9-10-22-25(18)16-6-2-1-3-7-16/h4-5,8-10,12,14,16H,1-3,6-7,11,13H2,(H,23,27)/t14-/m0/s1. The number of hydrogen-bond acceptors (Lipinski definition) is 3. The summed E-state index contributed by atoms with van der Waals surface area (Å²) in [5, 5.41) is 7.43. The molecule has 6 nitrogen and oxygen atoms in total. The summed E-state index contributed by atoms with van der Waals surface area (Å²) in [7, 11) is 0. The SMILES string of the molecule is O=C(Nc1ccnn1C1CCCCC1)[C@H]1CC(=O)N(c2cccc(Br)c2)C1. The van der Waals surface area contributed by atoms with Crippen molar-refractivity contribution in [1.29, 1.82) is 0 Å². The van der Waals surface area contributed by atoms with Crippen LogP contribution in [0.15, 0.2) is 41.0 Å². The molecule has 4 rings (SSSR count). The Balaban J connectivity index is 1.44. The molecule has 1 saturated carbocycles. The Morgan fingerprint density at radius 3 is 2.78 bits per heavy atom. The minimum atomic E-state index is -0.355. The highest BCUT2D eigenvalue weighted by Gasteiger charge is 2.35. The number of hydrogen-bond donors (Lipinski definition) is 1. The van der Waals surface area contributed by atoms with E-state index >= 15 is 0 Å². The first-order valence-electron chi connectivity index (χ1n) is 9.52. The summed E-state index contributed by atoms with van der Waals surface area (Å²) < 4.78 is 2.86. The number of nitrogens with one attached hydrogen (secondary N) is 1. The van der Waals surface area contributed by atoms with Gasteiger partial charge in [0.2, 0.25) is 11.8 Å². The number of amides is 2. The molecule has 27 heavy (non-hydrogen) atoms. The van der Waals surface area contributed by atoms with Crippen molar-refractivity contribution in [1.82, 2.24) is 9.78 Å². The van der Waals surface area contributed by atoms with E-state index in [1.54, 1.807) is 11.1 Å². The van der Waals surface area contributed by atoms with Crippen LogP contribution in [0.1, 0.15) is 44.6 Å². The molecule has 2 fully saturated rings. The maximum absolute atomic E-state index is 12.8. The maximum atomic E-state index is 12.8. The summed E-state index contributed by atoms with van der Waals surface area (Å²) in [6, 6.07) is 9.79. The number of rotatable bonds is 4. The second-order valence-corrected chi connectivity index (χ2v) is 8.24. The zero-order valence-electron chi connectivity index (χ0n) is 15.1. The van der Waals surface area contributed by atoms with Crippen LogP contribution in [0, 0.1) is 5.92 Å². The topological polar surface area (TPSA) is 67.2 Å². The summed E-state index contributed by atoms with van der Waals surface area (Å²) in [5.74, 6) is 0.249. The quantitative estimate of drug-likeness (QED) is 0.791. The Labute approximate surface area is 167 Å². The number of carbonyl (C=O) groups excluding carboxylic acids is 2. The van der Waals surface area contributed by atoms with E-state index in [9.17, 15) is 9.59 Å². The van der Waals surface area contributed by atoms with E-state index in [1.807, 2.05) is 35.0 Å². The van der Waals surface area contributed by atoms with Crippen molar-refractivity contribution in [3.63, 3.8) is 0 Å². The van der Waals surface area contributed by atoms with Gasteiger partial charge in [-0.25, -0.2) is 4.68 Å². The summed E-state index contributed by atoms with van der Waals surface area (Å²) >= 11 is 3.43. The van der Waals surface area contributed by atoms with Gasteiger partial charge in [-0.05, 0) is 31.0 Å². The van der Waals surface area contributed by atoms with Crippen molar-refractivity contribution in [2.45, 2.75) is 44.6 Å². The summed E-state index contributed by atoms with van der Waals surface area (Å²) in [6.45, 7) is 0.401. The number of aromatic nitrogens is 2. The average Bonchev–Trinajstić information content (AvgIpc) is 3.29. The molecule has 0 radical (unpaired) electrons. The summed E-state index contributed by atoms with van der Waals surface area (Å²) in [4.78, 5) is 26.9. The Bertz CT molecular complexity index is 844. The molecule has 1 saturated heterocycles. The molecule has 1 aliphatic carbocycles. The van der Waals surface area contributed by atoms with Gasteiger partial charge in [0, 0.05) is 29.2 Å². The predicted molar refractivity (Wildman–Crippen MR) is 108 cm³/mol. The van der Waals surface area contributed by atoms with Gasteiger partial charge in [0.1, 0.15) is 5.82 Å². The number of halogens is 1. The lowest BCUT2D eigenvalue weighted by molar-refractivity contribution is -0.122. The molecule has 2 aromatic rings. The van der Waals surface area contributed by atoms with Crippen LogP contribution in [0.2, 0.25) is 0 Å². The molecule has 1 aliphatic heterocycles. The number of carbonyl (C=O) groups is 2. The molecule has 1 aromatic carbocycles. The van der Waals surface area contributed by atoms with Crippen LogP contribution >= 0.6 is 15.9 Å². The van der Waals surface area contributed by atoms with Gasteiger partial charge in [0.25, 0.3) is 0 Å². The number of benzene rings is 1. The Morgan fingerprint density at radius 1 is 1.19 bits per heavy atom. The van der Waals surface area contributed by atoms with E-state index in [0.29, 0.717) is 12.6 Å². The molecular weight excluding hydrogens is 408 g/mol. The number of nitrogens with zero attached hydrogens (tertiary/aromatic N) is 3. The first kappa shape index (κ1) is 18.2. The minimum Gasteiger partial charge on any atom is -0.312 e. The molecule has 2 aliphatic rings. The van der Waals surface area contributed by atoms with E-state index in [4.69, 9.17) is 0 Å². The van der Waals surface area contributed by atoms with Crippen molar-refractivity contribution in [3.8, 4) is 0 Å². The first-order chi connectivity index (χ1) is 13.1. The lowest BCUT2D eigenvalue weighted by Crippen LogP contribution is -2.29. The van der Waals surface area contributed by atoms with E-state index in [2.05, 4.69) is 26.3 Å². The average molecular weight is 431 g/mol. The van der Waals surface area contributed by atoms with Crippen LogP contribution in [-0.2, 0) is 9.59 Å². The molecule has 0 bridgehead atoms. The van der Waals surface area contributed by atoms with Crippen LogP contribution in [0.3, 0.4) is 0 Å². The molecule has 142 valence electrons. The molecule has 2 heterocycles. The molecule has 7 heteroatoms. The smallest absolute Gasteiger partial charge is 0.230 e. The number of anilines is 2. The van der Waals surface area contributed by atoms with Gasteiger partial charge in [-0.15, -0.1) is 0 Å². The lowest BCUT2D eigenvalue weighted by atomic mass is 9.96. The van der Waals surface area contributed by atoms with Gasteiger partial charge < -0.3 is 10.2 Å². The van der Waals surface area contributed by atoms with Crippen LogP contribution in [0.5, 0.6) is 0 Å². The predicted octanol–water partition coefficient (Wildman–Crippen LogP) is 4.14. The summed E-state index contributed by atoms with van der Waals surface area (Å²) in [6.07, 6.45) is 7.85. The molecule has 0 spiro atoms. The van der Waals surface area contributed by atoms with E-state index < -0.39 is 0 Å². The van der Waals surface area contributed by atoms with Crippen molar-refractivity contribution >= 4 is 39.2 Å². The third-order valence-corrected chi connectivity index (χ3v) is 5.95. The van der Waals surface area contributed by atoms with Crippen LogP contribution in [0.25, 0.3) is 0 Å². The Morgan fingerprint density at radius 2 is 2.00 bits per heavy atom. The fourth-order valence-electron chi connectivity index (χ4n) is 4.03. The monoisotopic (exact) mass is 430 g/mol. The highest BCUT2D eigenvalue weighted by Crippen LogP contribution is 2.31. The minimum absolute atomic E-state index is 0.0194. The van der Waals surface area contributed by atoms with E-state index in [0.717, 1.165) is 28.8 Å². The third-order valence-electron chi connectivity index (χ3n) is 5.46. The van der Waals surface area contributed by atoms with Gasteiger partial charge in [0.05, 0.1) is 18.2 Å². The fraction of sp³-hybridized carbons (Fsp3) is 0.450. The second-order valence-electron chi connectivity index (χ2n) is 7.33. The van der Waals surface area contributed by atoms with Crippen molar-refractivity contribution in [2.24, 2.45) is 5.92 Å². The highest BCUT2D eigenvalue weighted by molar-refractivity contribution is 9.10. The van der Waals surface area contributed by atoms with Gasteiger partial charge >= 0.3 is 0 Å². The second kappa shape index (κ2) is 7.84. The van der Waals surface area contributed by atoms with Gasteiger partial charge in [-0.2, -0.15) is 5.10 Å². The van der Waals surface area contributed by atoms with Gasteiger partial charge in [-0.3, -0.25) is 9.59 Å². The van der Waals surface area contributed by atoms with Crippen LogP contribution in [-0.4, -0.2) is 28.1 Å². The Kier molecular flexibility index (Phi) is 5.29. The molecule has 2 amide bonds. The van der Waals surface area contributed by atoms with E-state index in [1.165, 1.54) is 19.3 Å². The zero-order chi connectivity index (χ0) is 18.8. The van der Waals surface area contributed by atoms with Gasteiger partial charge in [0.15, 0.2) is 0 Å². The zero-order valence-corrected chi connectivity index (χ0v) is 16.7. The third kappa shape index (κ3) is 3.93.